The SMILES string of the molecule is CNCc1cncn1CCc1ccccc1F. The van der Waals surface area contributed by atoms with Crippen molar-refractivity contribution in [1.29, 1.82) is 0 Å². The van der Waals surface area contributed by atoms with Crippen LogP contribution >= 0.6 is 0 Å². The van der Waals surface area contributed by atoms with Crippen molar-refractivity contribution >= 4 is 0 Å². The zero-order valence-electron chi connectivity index (χ0n) is 9.86. The van der Waals surface area contributed by atoms with Gasteiger partial charge in [-0.2, -0.15) is 0 Å². The molecule has 0 saturated carbocycles. The monoisotopic (exact) mass is 233 g/mol. The van der Waals surface area contributed by atoms with Crippen LogP contribution in [0.15, 0.2) is 36.8 Å². The van der Waals surface area contributed by atoms with Gasteiger partial charge in [0.2, 0.25) is 0 Å². The molecule has 0 aliphatic carbocycles. The molecule has 0 aliphatic rings. The molecular formula is C13H16FN3. The second kappa shape index (κ2) is 5.59. The highest BCUT2D eigenvalue weighted by Gasteiger charge is 2.04. The Morgan fingerprint density at radius 3 is 2.94 bits per heavy atom. The van der Waals surface area contributed by atoms with Gasteiger partial charge in [0.15, 0.2) is 0 Å². The quantitative estimate of drug-likeness (QED) is 0.856. The summed E-state index contributed by atoms with van der Waals surface area (Å²) in [4.78, 5) is 4.10. The number of hydrogen-bond acceptors (Lipinski definition) is 2. The van der Waals surface area contributed by atoms with Gasteiger partial charge >= 0.3 is 0 Å². The molecule has 1 heterocycles. The van der Waals surface area contributed by atoms with Crippen LogP contribution in [0, 0.1) is 5.82 Å². The first-order valence-corrected chi connectivity index (χ1v) is 5.68. The molecule has 0 atom stereocenters. The lowest BCUT2D eigenvalue weighted by atomic mass is 10.1. The summed E-state index contributed by atoms with van der Waals surface area (Å²) in [6, 6.07) is 6.89. The molecule has 0 spiro atoms. The van der Waals surface area contributed by atoms with E-state index < -0.39 is 0 Å². The number of aryl methyl sites for hydroxylation is 2. The molecule has 1 aromatic carbocycles. The van der Waals surface area contributed by atoms with Crippen molar-refractivity contribution in [2.75, 3.05) is 7.05 Å². The maximum Gasteiger partial charge on any atom is 0.126 e. The van der Waals surface area contributed by atoms with E-state index in [4.69, 9.17) is 0 Å². The summed E-state index contributed by atoms with van der Waals surface area (Å²) in [6.07, 6.45) is 4.30. The van der Waals surface area contributed by atoms with E-state index in [1.165, 1.54) is 6.07 Å². The molecule has 17 heavy (non-hydrogen) atoms. The maximum atomic E-state index is 13.4. The molecule has 0 saturated heterocycles. The molecule has 0 unspecified atom stereocenters. The predicted molar refractivity (Wildman–Crippen MR) is 65.1 cm³/mol. The van der Waals surface area contributed by atoms with Crippen molar-refractivity contribution in [2.24, 2.45) is 0 Å². The van der Waals surface area contributed by atoms with E-state index in [1.807, 2.05) is 29.9 Å². The molecule has 0 aliphatic heterocycles. The molecule has 0 amide bonds. The summed E-state index contributed by atoms with van der Waals surface area (Å²) in [5.74, 6) is -0.136. The van der Waals surface area contributed by atoms with Gasteiger partial charge < -0.3 is 9.88 Å². The Morgan fingerprint density at radius 1 is 1.35 bits per heavy atom. The molecule has 2 rings (SSSR count). The normalized spacial score (nSPS) is 10.7. The maximum absolute atomic E-state index is 13.4. The second-order valence-corrected chi connectivity index (χ2v) is 3.95. The van der Waals surface area contributed by atoms with E-state index in [-0.39, 0.29) is 5.82 Å². The minimum atomic E-state index is -0.136. The van der Waals surface area contributed by atoms with E-state index >= 15 is 0 Å². The van der Waals surface area contributed by atoms with Gasteiger partial charge in [-0.05, 0) is 25.1 Å². The third-order valence-corrected chi connectivity index (χ3v) is 2.74. The molecule has 0 bridgehead atoms. The van der Waals surface area contributed by atoms with E-state index in [9.17, 15) is 4.39 Å². The van der Waals surface area contributed by atoms with Crippen LogP contribution in [0.1, 0.15) is 11.3 Å². The Balaban J connectivity index is 2.02. The second-order valence-electron chi connectivity index (χ2n) is 3.95. The van der Waals surface area contributed by atoms with Crippen LogP contribution in [0.5, 0.6) is 0 Å². The number of hydrogen-bond donors (Lipinski definition) is 1. The van der Waals surface area contributed by atoms with E-state index in [2.05, 4.69) is 10.3 Å². The molecule has 90 valence electrons. The smallest absolute Gasteiger partial charge is 0.126 e. The summed E-state index contributed by atoms with van der Waals surface area (Å²) >= 11 is 0. The van der Waals surface area contributed by atoms with E-state index in [0.717, 1.165) is 24.3 Å². The number of nitrogens with zero attached hydrogens (tertiary/aromatic N) is 2. The Hall–Kier alpha value is -1.68. The van der Waals surface area contributed by atoms with Crippen molar-refractivity contribution in [3.8, 4) is 0 Å². The zero-order valence-corrected chi connectivity index (χ0v) is 9.86. The highest BCUT2D eigenvalue weighted by atomic mass is 19.1. The number of aromatic nitrogens is 2. The zero-order chi connectivity index (χ0) is 12.1. The third-order valence-electron chi connectivity index (χ3n) is 2.74. The van der Waals surface area contributed by atoms with Gasteiger partial charge in [0, 0.05) is 19.3 Å². The van der Waals surface area contributed by atoms with Crippen molar-refractivity contribution < 1.29 is 4.39 Å². The van der Waals surface area contributed by atoms with Crippen LogP contribution in [-0.2, 0) is 19.5 Å². The fourth-order valence-corrected chi connectivity index (χ4v) is 1.82. The predicted octanol–water partition coefficient (Wildman–Crippen LogP) is 1.98. The van der Waals surface area contributed by atoms with Crippen LogP contribution in [-0.4, -0.2) is 16.6 Å². The Labute approximate surface area is 100 Å². The van der Waals surface area contributed by atoms with E-state index in [1.54, 1.807) is 12.4 Å². The van der Waals surface area contributed by atoms with Crippen molar-refractivity contribution in [1.82, 2.24) is 14.9 Å². The first-order chi connectivity index (χ1) is 8.31. The highest BCUT2D eigenvalue weighted by Crippen LogP contribution is 2.09. The molecule has 3 nitrogen and oxygen atoms in total. The lowest BCUT2D eigenvalue weighted by Gasteiger charge is -2.08. The first kappa shape index (κ1) is 11.8. The molecule has 0 radical (unpaired) electrons. The topological polar surface area (TPSA) is 29.9 Å². The molecule has 0 fully saturated rings. The first-order valence-electron chi connectivity index (χ1n) is 5.68. The fourth-order valence-electron chi connectivity index (χ4n) is 1.82. The van der Waals surface area contributed by atoms with Crippen LogP contribution in [0.3, 0.4) is 0 Å². The standard InChI is InChI=1S/C13H16FN3/c1-15-8-12-9-16-10-17(12)7-6-11-4-2-3-5-13(11)14/h2-5,9-10,15H,6-8H2,1H3. The van der Waals surface area contributed by atoms with Crippen LogP contribution in [0.2, 0.25) is 0 Å². The van der Waals surface area contributed by atoms with Gasteiger partial charge in [0.1, 0.15) is 5.82 Å². The number of benzene rings is 1. The number of nitrogens with one attached hydrogen (secondary N) is 1. The molecule has 1 aromatic heterocycles. The Kier molecular flexibility index (Phi) is 3.88. The lowest BCUT2D eigenvalue weighted by molar-refractivity contribution is 0.584. The Bertz CT molecular complexity index is 479. The number of halogens is 1. The van der Waals surface area contributed by atoms with Gasteiger partial charge in [-0.3, -0.25) is 0 Å². The lowest BCUT2D eigenvalue weighted by Crippen LogP contribution is -2.12. The van der Waals surface area contributed by atoms with E-state index in [0.29, 0.717) is 6.42 Å². The van der Waals surface area contributed by atoms with Crippen molar-refractivity contribution in [3.05, 3.63) is 53.9 Å². The van der Waals surface area contributed by atoms with Crippen molar-refractivity contribution in [3.63, 3.8) is 0 Å². The molecule has 2 aromatic rings. The summed E-state index contributed by atoms with van der Waals surface area (Å²) in [5, 5.41) is 3.09. The Morgan fingerprint density at radius 2 is 2.18 bits per heavy atom. The largest absolute Gasteiger partial charge is 0.333 e. The van der Waals surface area contributed by atoms with Gasteiger partial charge in [-0.25, -0.2) is 9.37 Å². The molecule has 1 N–H and O–H groups in total. The average Bonchev–Trinajstić information content (AvgIpc) is 2.76. The summed E-state index contributed by atoms with van der Waals surface area (Å²) in [5.41, 5.74) is 1.86. The number of imidazole rings is 1. The van der Waals surface area contributed by atoms with Crippen LogP contribution < -0.4 is 5.32 Å². The summed E-state index contributed by atoms with van der Waals surface area (Å²) in [6.45, 7) is 1.52. The van der Waals surface area contributed by atoms with Gasteiger partial charge in [0.05, 0.1) is 12.0 Å². The summed E-state index contributed by atoms with van der Waals surface area (Å²) in [7, 11) is 1.90. The average molecular weight is 233 g/mol. The van der Waals surface area contributed by atoms with Crippen molar-refractivity contribution in [2.45, 2.75) is 19.5 Å². The van der Waals surface area contributed by atoms with Crippen LogP contribution in [0.4, 0.5) is 4.39 Å². The minimum Gasteiger partial charge on any atom is -0.333 e. The number of rotatable bonds is 5. The molecular weight excluding hydrogens is 217 g/mol. The van der Waals surface area contributed by atoms with Gasteiger partial charge in [-0.15, -0.1) is 0 Å². The summed E-state index contributed by atoms with van der Waals surface area (Å²) < 4.78 is 15.5. The molecule has 4 heteroatoms. The van der Waals surface area contributed by atoms with Crippen LogP contribution in [0.25, 0.3) is 0 Å². The third kappa shape index (κ3) is 2.91. The van der Waals surface area contributed by atoms with Gasteiger partial charge in [0.25, 0.3) is 0 Å². The van der Waals surface area contributed by atoms with Gasteiger partial charge in [-0.1, -0.05) is 18.2 Å². The fraction of sp³-hybridized carbons (Fsp3) is 0.308. The minimum absolute atomic E-state index is 0.136. The highest BCUT2D eigenvalue weighted by molar-refractivity contribution is 5.17.